The topological polar surface area (TPSA) is 55.5 Å². The minimum Gasteiger partial charge on any atom is -0.508 e. The Balaban J connectivity index is 2.04. The number of phenols is 1. The van der Waals surface area contributed by atoms with Crippen LogP contribution in [0.15, 0.2) is 42.5 Å². The van der Waals surface area contributed by atoms with Gasteiger partial charge in [-0.25, -0.2) is 0 Å². The van der Waals surface area contributed by atoms with E-state index in [1.807, 2.05) is 0 Å². The van der Waals surface area contributed by atoms with Crippen LogP contribution >= 0.6 is 11.6 Å². The Morgan fingerprint density at radius 3 is 2.47 bits per heavy atom. The Hall–Kier alpha value is -1.87. The van der Waals surface area contributed by atoms with Crippen LogP contribution in [0.4, 0.5) is 5.69 Å². The quantitative estimate of drug-likeness (QED) is 0.822. The second-order valence-corrected chi connectivity index (χ2v) is 4.05. The van der Waals surface area contributed by atoms with Gasteiger partial charge in [0, 0.05) is 5.69 Å². The van der Waals surface area contributed by atoms with Crippen molar-refractivity contribution in [1.82, 2.24) is 0 Å². The molecule has 17 heavy (non-hydrogen) atoms. The van der Waals surface area contributed by atoms with Crippen molar-refractivity contribution in [1.29, 1.82) is 0 Å². The number of phenolic OH excluding ortho intramolecular Hbond substituents is 1. The number of hydrogen-bond acceptors (Lipinski definition) is 3. The first-order valence-electron chi connectivity index (χ1n) is 5.11. The van der Waals surface area contributed by atoms with Crippen LogP contribution < -0.4 is 10.5 Å². The summed E-state index contributed by atoms with van der Waals surface area (Å²) in [4.78, 5) is 0. The molecule has 2 rings (SSSR count). The molecule has 0 aromatic heterocycles. The lowest BCUT2D eigenvalue weighted by Gasteiger charge is -2.08. The largest absolute Gasteiger partial charge is 0.508 e. The molecule has 2 aromatic rings. The van der Waals surface area contributed by atoms with E-state index in [1.165, 1.54) is 0 Å². The third kappa shape index (κ3) is 3.04. The maximum atomic E-state index is 9.14. The highest BCUT2D eigenvalue weighted by Gasteiger charge is 2.02. The fraction of sp³-hybridized carbons (Fsp3) is 0.0769. The molecule has 0 atom stereocenters. The molecule has 0 radical (unpaired) electrons. The molecule has 0 unspecified atom stereocenters. The minimum absolute atomic E-state index is 0.235. The van der Waals surface area contributed by atoms with Gasteiger partial charge in [-0.2, -0.15) is 0 Å². The van der Waals surface area contributed by atoms with Crippen molar-refractivity contribution in [3.63, 3.8) is 0 Å². The Morgan fingerprint density at radius 1 is 1.12 bits per heavy atom. The molecule has 88 valence electrons. The van der Waals surface area contributed by atoms with Gasteiger partial charge < -0.3 is 15.6 Å². The monoisotopic (exact) mass is 249 g/mol. The van der Waals surface area contributed by atoms with Gasteiger partial charge in [-0.1, -0.05) is 23.7 Å². The predicted octanol–water partition coefficient (Wildman–Crippen LogP) is 3.21. The number of aromatic hydroxyl groups is 1. The summed E-state index contributed by atoms with van der Waals surface area (Å²) < 4.78 is 5.55. The first-order chi connectivity index (χ1) is 8.15. The third-order valence-corrected chi connectivity index (χ3v) is 2.58. The third-order valence-electron chi connectivity index (χ3n) is 2.29. The van der Waals surface area contributed by atoms with Gasteiger partial charge in [0.25, 0.3) is 0 Å². The van der Waals surface area contributed by atoms with Gasteiger partial charge in [-0.05, 0) is 35.9 Å². The second kappa shape index (κ2) is 4.97. The molecular formula is C13H12ClNO2. The van der Waals surface area contributed by atoms with Crippen molar-refractivity contribution in [3.05, 3.63) is 53.1 Å². The standard InChI is InChI=1S/C13H12ClNO2/c14-12-7-10(15)3-6-13(12)17-8-9-1-4-11(16)5-2-9/h1-7,16H,8,15H2. The van der Waals surface area contributed by atoms with E-state index in [-0.39, 0.29) is 5.75 Å². The summed E-state index contributed by atoms with van der Waals surface area (Å²) in [5, 5.41) is 9.63. The van der Waals surface area contributed by atoms with Gasteiger partial charge >= 0.3 is 0 Å². The van der Waals surface area contributed by atoms with E-state index < -0.39 is 0 Å². The molecule has 0 aliphatic heterocycles. The van der Waals surface area contributed by atoms with E-state index in [4.69, 9.17) is 27.2 Å². The summed E-state index contributed by atoms with van der Waals surface area (Å²) in [7, 11) is 0. The number of anilines is 1. The summed E-state index contributed by atoms with van der Waals surface area (Å²) >= 11 is 5.98. The smallest absolute Gasteiger partial charge is 0.138 e. The number of nitrogens with two attached hydrogens (primary N) is 1. The lowest BCUT2D eigenvalue weighted by atomic mass is 10.2. The fourth-order valence-electron chi connectivity index (χ4n) is 1.39. The molecule has 4 heteroatoms. The van der Waals surface area contributed by atoms with E-state index in [9.17, 15) is 0 Å². The average Bonchev–Trinajstić information content (AvgIpc) is 2.30. The van der Waals surface area contributed by atoms with Crippen molar-refractivity contribution < 1.29 is 9.84 Å². The number of nitrogen functional groups attached to an aromatic ring is 1. The average molecular weight is 250 g/mol. The van der Waals surface area contributed by atoms with Crippen molar-refractivity contribution in [2.24, 2.45) is 0 Å². The van der Waals surface area contributed by atoms with Gasteiger partial charge in [-0.3, -0.25) is 0 Å². The maximum absolute atomic E-state index is 9.14. The molecule has 0 heterocycles. The van der Waals surface area contributed by atoms with Gasteiger partial charge in [0.05, 0.1) is 5.02 Å². The minimum atomic E-state index is 0.235. The highest BCUT2D eigenvalue weighted by Crippen LogP contribution is 2.27. The van der Waals surface area contributed by atoms with Crippen LogP contribution in [-0.4, -0.2) is 5.11 Å². The lowest BCUT2D eigenvalue weighted by Crippen LogP contribution is -1.96. The summed E-state index contributed by atoms with van der Waals surface area (Å²) in [6.07, 6.45) is 0. The van der Waals surface area contributed by atoms with Crippen LogP contribution in [0.2, 0.25) is 5.02 Å². The van der Waals surface area contributed by atoms with Crippen molar-refractivity contribution >= 4 is 17.3 Å². The number of rotatable bonds is 3. The molecule has 2 aromatic carbocycles. The maximum Gasteiger partial charge on any atom is 0.138 e. The number of benzene rings is 2. The van der Waals surface area contributed by atoms with Crippen LogP contribution in [0.1, 0.15) is 5.56 Å². The lowest BCUT2D eigenvalue weighted by molar-refractivity contribution is 0.306. The van der Waals surface area contributed by atoms with Gasteiger partial charge in [-0.15, -0.1) is 0 Å². The molecule has 0 saturated heterocycles. The van der Waals surface area contributed by atoms with Crippen molar-refractivity contribution in [2.75, 3.05) is 5.73 Å². The highest BCUT2D eigenvalue weighted by molar-refractivity contribution is 6.32. The molecule has 0 spiro atoms. The molecule has 0 amide bonds. The Labute approximate surface area is 104 Å². The molecular weight excluding hydrogens is 238 g/mol. The molecule has 0 aliphatic carbocycles. The number of ether oxygens (including phenoxy) is 1. The summed E-state index contributed by atoms with van der Waals surface area (Å²) in [6, 6.07) is 11.9. The van der Waals surface area contributed by atoms with Crippen LogP contribution in [0.5, 0.6) is 11.5 Å². The molecule has 0 bridgehead atoms. The second-order valence-electron chi connectivity index (χ2n) is 3.64. The van der Waals surface area contributed by atoms with E-state index in [2.05, 4.69) is 0 Å². The zero-order valence-electron chi connectivity index (χ0n) is 9.06. The fourth-order valence-corrected chi connectivity index (χ4v) is 1.63. The highest BCUT2D eigenvalue weighted by atomic mass is 35.5. The SMILES string of the molecule is Nc1ccc(OCc2ccc(O)cc2)c(Cl)c1. The van der Waals surface area contributed by atoms with E-state index >= 15 is 0 Å². The Bertz CT molecular complexity index is 511. The normalized spacial score (nSPS) is 10.2. The summed E-state index contributed by atoms with van der Waals surface area (Å²) in [5.41, 5.74) is 7.14. The molecule has 0 fully saturated rings. The van der Waals surface area contributed by atoms with Gasteiger partial charge in [0.2, 0.25) is 0 Å². The summed E-state index contributed by atoms with van der Waals surface area (Å²) in [6.45, 7) is 0.393. The van der Waals surface area contributed by atoms with Crippen LogP contribution in [-0.2, 0) is 6.61 Å². The van der Waals surface area contributed by atoms with Gasteiger partial charge in [0.15, 0.2) is 0 Å². The zero-order chi connectivity index (χ0) is 12.3. The van der Waals surface area contributed by atoms with E-state index in [0.717, 1.165) is 5.56 Å². The Morgan fingerprint density at radius 2 is 1.82 bits per heavy atom. The Kier molecular flexibility index (Phi) is 3.40. The number of hydrogen-bond donors (Lipinski definition) is 2. The molecule has 3 nitrogen and oxygen atoms in total. The van der Waals surface area contributed by atoms with Gasteiger partial charge in [0.1, 0.15) is 18.1 Å². The molecule has 3 N–H and O–H groups in total. The van der Waals surface area contributed by atoms with Crippen LogP contribution in [0.3, 0.4) is 0 Å². The van der Waals surface area contributed by atoms with Crippen LogP contribution in [0.25, 0.3) is 0 Å². The van der Waals surface area contributed by atoms with Crippen molar-refractivity contribution in [3.8, 4) is 11.5 Å². The van der Waals surface area contributed by atoms with Crippen molar-refractivity contribution in [2.45, 2.75) is 6.61 Å². The van der Waals surface area contributed by atoms with E-state index in [0.29, 0.717) is 23.1 Å². The number of halogens is 1. The molecule has 0 saturated carbocycles. The first-order valence-corrected chi connectivity index (χ1v) is 5.48. The summed E-state index contributed by atoms with van der Waals surface area (Å²) in [5.74, 6) is 0.827. The van der Waals surface area contributed by atoms with Crippen LogP contribution in [0, 0.1) is 0 Å². The molecule has 0 aliphatic rings. The zero-order valence-corrected chi connectivity index (χ0v) is 9.82. The van der Waals surface area contributed by atoms with E-state index in [1.54, 1.807) is 42.5 Å². The first kappa shape index (κ1) is 11.6. The predicted molar refractivity (Wildman–Crippen MR) is 68.3 cm³/mol.